The van der Waals surface area contributed by atoms with Crippen LogP contribution in [0.4, 0.5) is 0 Å². The molecule has 2 aromatic rings. The van der Waals surface area contributed by atoms with E-state index in [4.69, 9.17) is 33.0 Å². The standard InChI is InChI=1S/C21H21Cl2N3O/c1-25-10-8-21(9-11-25)26-19(16-4-2-3-5-20(16)27-21)13-18(24-26)15-7-6-14(22)12-17(15)23/h2-7,12,19H,8-11,13H2,1H3/t19-/m0/s1. The third kappa shape index (κ3) is 2.82. The number of para-hydroxylation sites is 1. The second-order valence-electron chi connectivity index (χ2n) is 7.62. The first-order chi connectivity index (χ1) is 13.1. The van der Waals surface area contributed by atoms with Crippen molar-refractivity contribution in [1.82, 2.24) is 9.91 Å². The van der Waals surface area contributed by atoms with Crippen LogP contribution in [0, 0.1) is 0 Å². The first kappa shape index (κ1) is 17.4. The first-order valence-corrected chi connectivity index (χ1v) is 10.1. The fraction of sp³-hybridized carbons (Fsp3) is 0.381. The van der Waals surface area contributed by atoms with Gasteiger partial charge in [0.15, 0.2) is 0 Å². The molecule has 4 nitrogen and oxygen atoms in total. The highest BCUT2D eigenvalue weighted by atomic mass is 35.5. The highest BCUT2D eigenvalue weighted by Gasteiger charge is 2.51. The van der Waals surface area contributed by atoms with Crippen molar-refractivity contribution in [2.45, 2.75) is 31.0 Å². The van der Waals surface area contributed by atoms with E-state index in [2.05, 4.69) is 35.2 Å². The average Bonchev–Trinajstić information content (AvgIpc) is 3.11. The molecule has 6 heteroatoms. The number of halogens is 2. The molecule has 2 aromatic carbocycles. The third-order valence-corrected chi connectivity index (χ3v) is 6.46. The van der Waals surface area contributed by atoms with Crippen LogP contribution in [-0.4, -0.2) is 41.5 Å². The number of hydrazone groups is 1. The number of nitrogens with zero attached hydrogens (tertiary/aromatic N) is 3. The van der Waals surface area contributed by atoms with Crippen molar-refractivity contribution in [3.8, 4) is 5.75 Å². The van der Waals surface area contributed by atoms with E-state index in [1.165, 1.54) is 5.56 Å². The van der Waals surface area contributed by atoms with E-state index in [-0.39, 0.29) is 11.8 Å². The van der Waals surface area contributed by atoms with Crippen LogP contribution >= 0.6 is 23.2 Å². The molecule has 0 saturated carbocycles. The van der Waals surface area contributed by atoms with Crippen LogP contribution in [-0.2, 0) is 0 Å². The van der Waals surface area contributed by atoms with Gasteiger partial charge in [0.1, 0.15) is 5.75 Å². The van der Waals surface area contributed by atoms with Gasteiger partial charge >= 0.3 is 0 Å². The Morgan fingerprint density at radius 3 is 2.67 bits per heavy atom. The molecule has 1 spiro atoms. The van der Waals surface area contributed by atoms with Gasteiger partial charge in [0.05, 0.1) is 16.8 Å². The first-order valence-electron chi connectivity index (χ1n) is 9.34. The molecule has 27 heavy (non-hydrogen) atoms. The van der Waals surface area contributed by atoms with Crippen LogP contribution < -0.4 is 4.74 Å². The number of piperidine rings is 1. The minimum Gasteiger partial charge on any atom is -0.466 e. The smallest absolute Gasteiger partial charge is 0.200 e. The average molecular weight is 402 g/mol. The van der Waals surface area contributed by atoms with Crippen LogP contribution in [0.1, 0.15) is 36.4 Å². The Balaban J connectivity index is 1.59. The monoisotopic (exact) mass is 401 g/mol. The van der Waals surface area contributed by atoms with Crippen LogP contribution in [0.15, 0.2) is 47.6 Å². The van der Waals surface area contributed by atoms with E-state index >= 15 is 0 Å². The maximum atomic E-state index is 6.59. The number of hydrogen-bond donors (Lipinski definition) is 0. The summed E-state index contributed by atoms with van der Waals surface area (Å²) in [4.78, 5) is 2.35. The lowest BCUT2D eigenvalue weighted by Gasteiger charge is -2.50. The summed E-state index contributed by atoms with van der Waals surface area (Å²) in [6, 6.07) is 14.2. The fourth-order valence-electron chi connectivity index (χ4n) is 4.41. The van der Waals surface area contributed by atoms with E-state index in [1.807, 2.05) is 18.2 Å². The Labute approximate surface area is 169 Å². The molecular weight excluding hydrogens is 381 g/mol. The van der Waals surface area contributed by atoms with Gasteiger partial charge in [0.25, 0.3) is 0 Å². The van der Waals surface area contributed by atoms with Gasteiger partial charge in [0, 0.05) is 48.5 Å². The molecule has 3 heterocycles. The lowest BCUT2D eigenvalue weighted by atomic mass is 9.91. The summed E-state index contributed by atoms with van der Waals surface area (Å²) in [5.41, 5.74) is 2.77. The van der Waals surface area contributed by atoms with E-state index in [1.54, 1.807) is 6.07 Å². The number of benzene rings is 2. The molecule has 1 atom stereocenters. The summed E-state index contributed by atoms with van der Waals surface area (Å²) in [7, 11) is 2.16. The van der Waals surface area contributed by atoms with Crippen molar-refractivity contribution >= 4 is 28.9 Å². The minimum absolute atomic E-state index is 0.181. The van der Waals surface area contributed by atoms with Crippen molar-refractivity contribution in [2.75, 3.05) is 20.1 Å². The molecule has 0 N–H and O–H groups in total. The number of rotatable bonds is 1. The van der Waals surface area contributed by atoms with Crippen LogP contribution in [0.2, 0.25) is 10.0 Å². The molecule has 1 fully saturated rings. The molecule has 0 amide bonds. The van der Waals surface area contributed by atoms with Gasteiger partial charge in [-0.05, 0) is 25.2 Å². The molecule has 0 aromatic heterocycles. The molecule has 1 saturated heterocycles. The maximum absolute atomic E-state index is 6.59. The second-order valence-corrected chi connectivity index (χ2v) is 8.47. The maximum Gasteiger partial charge on any atom is 0.200 e. The van der Waals surface area contributed by atoms with Gasteiger partial charge in [0.2, 0.25) is 5.72 Å². The third-order valence-electron chi connectivity index (χ3n) is 5.92. The Morgan fingerprint density at radius 2 is 1.89 bits per heavy atom. The Bertz CT molecular complexity index is 921. The van der Waals surface area contributed by atoms with Gasteiger partial charge in [-0.25, -0.2) is 5.01 Å². The van der Waals surface area contributed by atoms with Gasteiger partial charge in [-0.3, -0.25) is 0 Å². The highest BCUT2D eigenvalue weighted by molar-refractivity contribution is 6.37. The lowest BCUT2D eigenvalue weighted by molar-refractivity contribution is -0.147. The van der Waals surface area contributed by atoms with Crippen LogP contribution in [0.5, 0.6) is 5.75 Å². The van der Waals surface area contributed by atoms with E-state index in [0.29, 0.717) is 10.0 Å². The van der Waals surface area contributed by atoms with Gasteiger partial charge in [-0.2, -0.15) is 5.10 Å². The summed E-state index contributed by atoms with van der Waals surface area (Å²) < 4.78 is 6.59. The largest absolute Gasteiger partial charge is 0.466 e. The SMILES string of the molecule is CN1CCC2(CC1)Oc1ccccc1[C@@H]1CC(c3ccc(Cl)cc3Cl)=NN12. The molecule has 3 aliphatic heterocycles. The number of hydrogen-bond acceptors (Lipinski definition) is 4. The summed E-state index contributed by atoms with van der Waals surface area (Å²) in [5, 5.41) is 8.55. The van der Waals surface area contributed by atoms with Crippen molar-refractivity contribution in [1.29, 1.82) is 0 Å². The topological polar surface area (TPSA) is 28.1 Å². The highest BCUT2D eigenvalue weighted by Crippen LogP contribution is 2.50. The normalized spacial score (nSPS) is 23.6. The molecule has 3 aliphatic rings. The van der Waals surface area contributed by atoms with E-state index < -0.39 is 0 Å². The number of ether oxygens (including phenoxy) is 1. The zero-order chi connectivity index (χ0) is 18.6. The zero-order valence-electron chi connectivity index (χ0n) is 15.2. The van der Waals surface area contributed by atoms with Gasteiger partial charge in [-0.15, -0.1) is 0 Å². The molecule has 0 bridgehead atoms. The fourth-order valence-corrected chi connectivity index (χ4v) is 4.93. The van der Waals surface area contributed by atoms with Gasteiger partial charge < -0.3 is 9.64 Å². The molecule has 0 aliphatic carbocycles. The molecule has 5 rings (SSSR count). The molecule has 0 unspecified atom stereocenters. The number of likely N-dealkylation sites (tertiary alicyclic amines) is 1. The molecule has 140 valence electrons. The van der Waals surface area contributed by atoms with E-state index in [9.17, 15) is 0 Å². The Kier molecular flexibility index (Phi) is 4.12. The van der Waals surface area contributed by atoms with Crippen molar-refractivity contribution in [2.24, 2.45) is 5.10 Å². The Morgan fingerprint density at radius 1 is 1.11 bits per heavy atom. The summed E-state index contributed by atoms with van der Waals surface area (Å²) >= 11 is 12.6. The quantitative estimate of drug-likeness (QED) is 0.675. The number of fused-ring (bicyclic) bond motifs is 4. The van der Waals surface area contributed by atoms with Crippen LogP contribution in [0.25, 0.3) is 0 Å². The van der Waals surface area contributed by atoms with Crippen molar-refractivity contribution < 1.29 is 4.74 Å². The predicted molar refractivity (Wildman–Crippen MR) is 109 cm³/mol. The van der Waals surface area contributed by atoms with Gasteiger partial charge in [-0.1, -0.05) is 47.5 Å². The summed E-state index contributed by atoms with van der Waals surface area (Å²) in [6.07, 6.45) is 2.68. The van der Waals surface area contributed by atoms with Crippen molar-refractivity contribution in [3.05, 3.63) is 63.6 Å². The summed E-state index contributed by atoms with van der Waals surface area (Å²) in [6.45, 7) is 2.00. The zero-order valence-corrected chi connectivity index (χ0v) is 16.7. The second kappa shape index (κ2) is 6.40. The van der Waals surface area contributed by atoms with E-state index in [0.717, 1.165) is 49.4 Å². The molecule has 0 radical (unpaired) electrons. The lowest BCUT2D eigenvalue weighted by Crippen LogP contribution is -2.58. The predicted octanol–water partition coefficient (Wildman–Crippen LogP) is 4.96. The van der Waals surface area contributed by atoms with Crippen molar-refractivity contribution in [3.63, 3.8) is 0 Å². The minimum atomic E-state index is -0.383. The summed E-state index contributed by atoms with van der Waals surface area (Å²) in [5.74, 6) is 0.988. The molecular formula is C21H21Cl2N3O. The van der Waals surface area contributed by atoms with Crippen LogP contribution in [0.3, 0.4) is 0 Å². The Hall–Kier alpha value is -1.75.